The first kappa shape index (κ1) is 23.6. The highest BCUT2D eigenvalue weighted by Gasteiger charge is 2.11. The fourth-order valence-electron chi connectivity index (χ4n) is 3.65. The Morgan fingerprint density at radius 3 is 2.47 bits per heavy atom. The Balaban J connectivity index is 1.38. The van der Waals surface area contributed by atoms with Crippen LogP contribution in [0.15, 0.2) is 78.9 Å². The molecule has 0 saturated heterocycles. The second-order valence-corrected chi connectivity index (χ2v) is 9.06. The number of halogens is 1. The second-order valence-electron chi connectivity index (χ2n) is 8.63. The van der Waals surface area contributed by atoms with Crippen LogP contribution in [0.2, 0.25) is 5.02 Å². The van der Waals surface area contributed by atoms with Crippen LogP contribution in [0, 0.1) is 6.92 Å². The van der Waals surface area contributed by atoms with Gasteiger partial charge in [0.25, 0.3) is 5.91 Å². The number of anilines is 1. The fraction of sp³-hybridized carbons (Fsp3) is 0.214. The van der Waals surface area contributed by atoms with Gasteiger partial charge in [-0.1, -0.05) is 61.8 Å². The molecule has 0 fully saturated rings. The lowest BCUT2D eigenvalue weighted by Gasteiger charge is -2.10. The van der Waals surface area contributed by atoms with Crippen LogP contribution in [0.1, 0.15) is 52.5 Å². The first-order valence-corrected chi connectivity index (χ1v) is 11.7. The van der Waals surface area contributed by atoms with Gasteiger partial charge in [0, 0.05) is 22.3 Å². The van der Waals surface area contributed by atoms with E-state index in [1.165, 1.54) is 5.56 Å². The van der Waals surface area contributed by atoms with E-state index in [-0.39, 0.29) is 5.91 Å². The third-order valence-electron chi connectivity index (χ3n) is 5.59. The topological polar surface area (TPSA) is 56.1 Å². The van der Waals surface area contributed by atoms with Crippen molar-refractivity contribution in [1.82, 2.24) is 9.78 Å². The number of amides is 1. The van der Waals surface area contributed by atoms with Gasteiger partial charge in [0.1, 0.15) is 12.4 Å². The van der Waals surface area contributed by atoms with E-state index in [9.17, 15) is 4.79 Å². The molecule has 0 aliphatic carbocycles. The largest absolute Gasteiger partial charge is 0.489 e. The van der Waals surface area contributed by atoms with Gasteiger partial charge < -0.3 is 10.1 Å². The van der Waals surface area contributed by atoms with Gasteiger partial charge in [-0.05, 0) is 65.9 Å². The van der Waals surface area contributed by atoms with Crippen molar-refractivity contribution in [1.29, 1.82) is 0 Å². The van der Waals surface area contributed by atoms with Gasteiger partial charge in [0.2, 0.25) is 0 Å². The van der Waals surface area contributed by atoms with Gasteiger partial charge in [-0.2, -0.15) is 5.10 Å². The summed E-state index contributed by atoms with van der Waals surface area (Å²) in [6.45, 7) is 7.25. The molecule has 0 bridgehead atoms. The van der Waals surface area contributed by atoms with E-state index in [0.717, 1.165) is 22.6 Å². The quantitative estimate of drug-likeness (QED) is 0.304. The van der Waals surface area contributed by atoms with E-state index in [2.05, 4.69) is 36.4 Å². The van der Waals surface area contributed by atoms with E-state index < -0.39 is 0 Å². The van der Waals surface area contributed by atoms with Gasteiger partial charge in [0.15, 0.2) is 5.82 Å². The SMILES string of the molecule is Cc1cc(NC(=O)c2cccc(COc3ccc(C(C)C)cc3)c2)nn1Cc1cccc(Cl)c1. The molecule has 0 spiro atoms. The average Bonchev–Trinajstić information content (AvgIpc) is 3.16. The minimum Gasteiger partial charge on any atom is -0.489 e. The van der Waals surface area contributed by atoms with E-state index in [1.807, 2.05) is 72.3 Å². The molecule has 0 radical (unpaired) electrons. The molecule has 0 aliphatic rings. The number of nitrogens with one attached hydrogen (secondary N) is 1. The molecular formula is C28H28ClN3O2. The summed E-state index contributed by atoms with van der Waals surface area (Å²) in [5, 5.41) is 8.12. The highest BCUT2D eigenvalue weighted by atomic mass is 35.5. The second kappa shape index (κ2) is 10.6. The smallest absolute Gasteiger partial charge is 0.256 e. The molecule has 1 heterocycles. The molecule has 1 aromatic heterocycles. The number of hydrogen-bond donors (Lipinski definition) is 1. The third kappa shape index (κ3) is 6.06. The molecular weight excluding hydrogens is 446 g/mol. The van der Waals surface area contributed by atoms with Crippen LogP contribution in [0.5, 0.6) is 5.75 Å². The molecule has 1 N–H and O–H groups in total. The Morgan fingerprint density at radius 2 is 1.74 bits per heavy atom. The Kier molecular flexibility index (Phi) is 7.33. The number of nitrogens with zero attached hydrogens (tertiary/aromatic N) is 2. The third-order valence-corrected chi connectivity index (χ3v) is 5.82. The molecule has 0 atom stereocenters. The summed E-state index contributed by atoms with van der Waals surface area (Å²) in [6.07, 6.45) is 0. The lowest BCUT2D eigenvalue weighted by atomic mass is 10.0. The number of ether oxygens (including phenoxy) is 1. The fourth-order valence-corrected chi connectivity index (χ4v) is 3.86. The minimum atomic E-state index is -0.212. The maximum Gasteiger partial charge on any atom is 0.256 e. The van der Waals surface area contributed by atoms with Gasteiger partial charge in [0.05, 0.1) is 6.54 Å². The number of benzene rings is 3. The van der Waals surface area contributed by atoms with Crippen LogP contribution in [0.3, 0.4) is 0 Å². The lowest BCUT2D eigenvalue weighted by molar-refractivity contribution is 0.102. The Labute approximate surface area is 205 Å². The zero-order valence-corrected chi connectivity index (χ0v) is 20.3. The monoisotopic (exact) mass is 473 g/mol. The van der Waals surface area contributed by atoms with Crippen molar-refractivity contribution < 1.29 is 9.53 Å². The van der Waals surface area contributed by atoms with Crippen molar-refractivity contribution in [2.24, 2.45) is 0 Å². The number of hydrogen-bond acceptors (Lipinski definition) is 3. The van der Waals surface area contributed by atoms with Gasteiger partial charge in [-0.3, -0.25) is 9.48 Å². The number of aryl methyl sites for hydroxylation is 1. The van der Waals surface area contributed by atoms with Gasteiger partial charge in [-0.15, -0.1) is 0 Å². The highest BCUT2D eigenvalue weighted by Crippen LogP contribution is 2.20. The van der Waals surface area contributed by atoms with Crippen LogP contribution < -0.4 is 10.1 Å². The number of aromatic nitrogens is 2. The number of rotatable bonds is 8. The zero-order chi connectivity index (χ0) is 24.1. The van der Waals surface area contributed by atoms with Crippen LogP contribution in [0.4, 0.5) is 5.82 Å². The molecule has 174 valence electrons. The van der Waals surface area contributed by atoms with Crippen molar-refractivity contribution in [3.05, 3.63) is 112 Å². The van der Waals surface area contributed by atoms with Crippen molar-refractivity contribution in [3.63, 3.8) is 0 Å². The average molecular weight is 474 g/mol. The van der Waals surface area contributed by atoms with Crippen molar-refractivity contribution in [2.75, 3.05) is 5.32 Å². The number of carbonyl (C=O) groups is 1. The van der Waals surface area contributed by atoms with Crippen LogP contribution in [0.25, 0.3) is 0 Å². The first-order valence-electron chi connectivity index (χ1n) is 11.3. The Morgan fingerprint density at radius 1 is 1.00 bits per heavy atom. The molecule has 3 aromatic carbocycles. The van der Waals surface area contributed by atoms with E-state index in [0.29, 0.717) is 35.5 Å². The van der Waals surface area contributed by atoms with Crippen LogP contribution in [-0.4, -0.2) is 15.7 Å². The summed E-state index contributed by atoms with van der Waals surface area (Å²) in [5.41, 5.74) is 4.74. The van der Waals surface area contributed by atoms with Crippen molar-refractivity contribution in [2.45, 2.75) is 39.8 Å². The molecule has 4 aromatic rings. The Hall–Kier alpha value is -3.57. The van der Waals surface area contributed by atoms with Gasteiger partial charge >= 0.3 is 0 Å². The molecule has 34 heavy (non-hydrogen) atoms. The van der Waals surface area contributed by atoms with Gasteiger partial charge in [-0.25, -0.2) is 0 Å². The summed E-state index contributed by atoms with van der Waals surface area (Å²) in [6, 6.07) is 25.1. The Bertz CT molecular complexity index is 1280. The van der Waals surface area contributed by atoms with Crippen LogP contribution in [-0.2, 0) is 13.2 Å². The van der Waals surface area contributed by atoms with E-state index in [1.54, 1.807) is 6.07 Å². The molecule has 5 nitrogen and oxygen atoms in total. The summed E-state index contributed by atoms with van der Waals surface area (Å²) in [7, 11) is 0. The van der Waals surface area contributed by atoms with Crippen molar-refractivity contribution in [3.8, 4) is 5.75 Å². The standard InChI is InChI=1S/C28H28ClN3O2/c1-19(2)23-10-12-26(13-11-23)34-18-22-7-4-8-24(15-22)28(33)30-27-14-20(3)32(31-27)17-21-6-5-9-25(29)16-21/h4-16,19H,17-18H2,1-3H3,(H,30,31,33). The first-order chi connectivity index (χ1) is 16.4. The zero-order valence-electron chi connectivity index (χ0n) is 19.6. The molecule has 0 saturated carbocycles. The number of carbonyl (C=O) groups excluding carboxylic acids is 1. The minimum absolute atomic E-state index is 0.212. The van der Waals surface area contributed by atoms with E-state index >= 15 is 0 Å². The molecule has 6 heteroatoms. The predicted octanol–water partition coefficient (Wildman–Crippen LogP) is 6.85. The van der Waals surface area contributed by atoms with Crippen LogP contribution >= 0.6 is 11.6 Å². The summed E-state index contributed by atoms with van der Waals surface area (Å²) >= 11 is 6.08. The molecule has 4 rings (SSSR count). The molecule has 0 aliphatic heterocycles. The highest BCUT2D eigenvalue weighted by molar-refractivity contribution is 6.30. The normalized spacial score (nSPS) is 11.0. The summed E-state index contributed by atoms with van der Waals surface area (Å²) < 4.78 is 7.75. The molecule has 1 amide bonds. The summed E-state index contributed by atoms with van der Waals surface area (Å²) in [5.74, 6) is 1.59. The predicted molar refractivity (Wildman–Crippen MR) is 137 cm³/mol. The summed E-state index contributed by atoms with van der Waals surface area (Å²) in [4.78, 5) is 12.8. The lowest BCUT2D eigenvalue weighted by Crippen LogP contribution is -2.13. The maximum absolute atomic E-state index is 12.8. The maximum atomic E-state index is 12.8. The van der Waals surface area contributed by atoms with E-state index in [4.69, 9.17) is 16.3 Å². The van der Waals surface area contributed by atoms with Crippen molar-refractivity contribution >= 4 is 23.3 Å². The molecule has 0 unspecified atom stereocenters.